The molecule has 6 heteroatoms. The minimum absolute atomic E-state index is 0. The van der Waals surface area contributed by atoms with Crippen LogP contribution in [0.1, 0.15) is 6.42 Å². The van der Waals surface area contributed by atoms with E-state index in [-0.39, 0.29) is 18.4 Å². The molecule has 0 aromatic heterocycles. The molecule has 0 aliphatic carbocycles. The predicted molar refractivity (Wildman–Crippen MR) is 53.3 cm³/mol. The lowest BCUT2D eigenvalue weighted by atomic mass is 9.97. The Kier molecular flexibility index (Phi) is 4.87. The normalized spacial score (nSPS) is 25.0. The van der Waals surface area contributed by atoms with Gasteiger partial charge in [0.05, 0.1) is 7.11 Å². The zero-order valence-corrected chi connectivity index (χ0v) is 9.10. The maximum Gasteiger partial charge on any atom is 0.333 e. The van der Waals surface area contributed by atoms with Crippen LogP contribution >= 0.6 is 12.4 Å². The zero-order chi connectivity index (χ0) is 9.90. The van der Waals surface area contributed by atoms with E-state index in [1.54, 1.807) is 7.05 Å². The summed E-state index contributed by atoms with van der Waals surface area (Å²) in [6, 6.07) is 0. The minimum Gasteiger partial charge on any atom is -0.467 e. The number of likely N-dealkylation sites (N-methyl/N-ethyl adjacent to an activating group) is 1. The van der Waals surface area contributed by atoms with Gasteiger partial charge in [0.25, 0.3) is 0 Å². The molecule has 0 bridgehead atoms. The van der Waals surface area contributed by atoms with Gasteiger partial charge >= 0.3 is 5.97 Å². The van der Waals surface area contributed by atoms with Gasteiger partial charge in [-0.05, 0) is 13.0 Å². The van der Waals surface area contributed by atoms with Crippen LogP contribution in [0.25, 0.3) is 0 Å². The highest BCUT2D eigenvalue weighted by Gasteiger charge is 2.45. The molecule has 0 spiro atoms. The third kappa shape index (κ3) is 1.99. The fourth-order valence-corrected chi connectivity index (χ4v) is 1.59. The first kappa shape index (κ1) is 13.2. The van der Waals surface area contributed by atoms with Gasteiger partial charge < -0.3 is 15.0 Å². The van der Waals surface area contributed by atoms with Crippen LogP contribution in [0.15, 0.2) is 0 Å². The Balaban J connectivity index is 0.00000169. The first-order valence-corrected chi connectivity index (χ1v) is 4.15. The average Bonchev–Trinajstić information content (AvgIpc) is 2.65. The fraction of sp³-hybridized carbons (Fsp3) is 0.750. The van der Waals surface area contributed by atoms with E-state index in [1.807, 2.05) is 0 Å². The van der Waals surface area contributed by atoms with Gasteiger partial charge in [0.1, 0.15) is 0 Å². The van der Waals surface area contributed by atoms with Crippen molar-refractivity contribution < 1.29 is 14.3 Å². The standard InChI is InChI=1S/C8H14N2O3.ClH/c1-10(6-11)8(7(12)13-2)3-4-9-5-8;/h6,9H,3-5H2,1-2H3;1H. The Hall–Kier alpha value is -0.810. The van der Waals surface area contributed by atoms with Crippen LogP contribution in [0.2, 0.25) is 0 Å². The number of halogens is 1. The fourth-order valence-electron chi connectivity index (χ4n) is 1.59. The number of nitrogens with zero attached hydrogens (tertiary/aromatic N) is 1. The Morgan fingerprint density at radius 1 is 1.64 bits per heavy atom. The van der Waals surface area contributed by atoms with Crippen LogP contribution in [0.4, 0.5) is 0 Å². The lowest BCUT2D eigenvalue weighted by molar-refractivity contribution is -0.155. The molecule has 5 nitrogen and oxygen atoms in total. The summed E-state index contributed by atoms with van der Waals surface area (Å²) in [5.41, 5.74) is -0.795. The van der Waals surface area contributed by atoms with Crippen molar-refractivity contribution in [3.05, 3.63) is 0 Å². The van der Waals surface area contributed by atoms with Crippen LogP contribution in [-0.4, -0.2) is 50.1 Å². The molecule has 82 valence electrons. The number of amides is 1. The zero-order valence-electron chi connectivity index (χ0n) is 8.28. The number of carbonyl (C=O) groups is 2. The maximum absolute atomic E-state index is 11.5. The minimum atomic E-state index is -0.795. The smallest absolute Gasteiger partial charge is 0.333 e. The molecule has 1 aliphatic heterocycles. The van der Waals surface area contributed by atoms with Gasteiger partial charge in [-0.1, -0.05) is 0 Å². The van der Waals surface area contributed by atoms with Crippen LogP contribution in [0.5, 0.6) is 0 Å². The molecule has 1 rings (SSSR count). The van der Waals surface area contributed by atoms with E-state index in [1.165, 1.54) is 12.0 Å². The Bertz CT molecular complexity index is 217. The van der Waals surface area contributed by atoms with Gasteiger partial charge in [0.15, 0.2) is 5.54 Å². The maximum atomic E-state index is 11.5. The van der Waals surface area contributed by atoms with Crippen molar-refractivity contribution in [2.24, 2.45) is 0 Å². The second kappa shape index (κ2) is 5.17. The van der Waals surface area contributed by atoms with E-state index in [0.29, 0.717) is 19.4 Å². The second-order valence-corrected chi connectivity index (χ2v) is 3.17. The number of hydrogen-bond donors (Lipinski definition) is 1. The Labute approximate surface area is 89.2 Å². The van der Waals surface area contributed by atoms with Crippen molar-refractivity contribution in [1.82, 2.24) is 10.2 Å². The number of rotatable bonds is 3. The number of esters is 1. The second-order valence-electron chi connectivity index (χ2n) is 3.17. The van der Waals surface area contributed by atoms with Crippen LogP contribution in [-0.2, 0) is 14.3 Å². The van der Waals surface area contributed by atoms with E-state index in [4.69, 9.17) is 0 Å². The molecule has 14 heavy (non-hydrogen) atoms. The van der Waals surface area contributed by atoms with Crippen molar-refractivity contribution in [3.63, 3.8) is 0 Å². The average molecular weight is 223 g/mol. The van der Waals surface area contributed by atoms with Crippen LogP contribution in [0, 0.1) is 0 Å². The summed E-state index contributed by atoms with van der Waals surface area (Å²) in [6.07, 6.45) is 1.26. The third-order valence-corrected chi connectivity index (χ3v) is 2.53. The molecule has 1 saturated heterocycles. The monoisotopic (exact) mass is 222 g/mol. The van der Waals surface area contributed by atoms with Crippen LogP contribution in [0.3, 0.4) is 0 Å². The summed E-state index contributed by atoms with van der Waals surface area (Å²) in [4.78, 5) is 23.5. The molecule has 1 atom stereocenters. The molecule has 0 saturated carbocycles. The van der Waals surface area contributed by atoms with Gasteiger partial charge in [-0.2, -0.15) is 0 Å². The van der Waals surface area contributed by atoms with Gasteiger partial charge in [-0.15, -0.1) is 12.4 Å². The van der Waals surface area contributed by atoms with E-state index in [2.05, 4.69) is 10.1 Å². The highest BCUT2D eigenvalue weighted by molar-refractivity contribution is 5.85. The van der Waals surface area contributed by atoms with Gasteiger partial charge in [0, 0.05) is 13.6 Å². The SMILES string of the molecule is COC(=O)C1(N(C)C=O)CCNC1.Cl. The molecule has 1 N–H and O–H groups in total. The molecule has 0 aromatic rings. The molecule has 1 amide bonds. The van der Waals surface area contributed by atoms with E-state index >= 15 is 0 Å². The van der Waals surface area contributed by atoms with Gasteiger partial charge in [-0.25, -0.2) is 4.79 Å². The molecular formula is C8H15ClN2O3. The van der Waals surface area contributed by atoms with Crippen molar-refractivity contribution in [1.29, 1.82) is 0 Å². The highest BCUT2D eigenvalue weighted by Crippen LogP contribution is 2.22. The topological polar surface area (TPSA) is 58.6 Å². The Morgan fingerprint density at radius 2 is 2.29 bits per heavy atom. The molecule has 0 aromatic carbocycles. The van der Waals surface area contributed by atoms with Crippen molar-refractivity contribution in [3.8, 4) is 0 Å². The number of hydrogen-bond acceptors (Lipinski definition) is 4. The number of methoxy groups -OCH3 is 1. The van der Waals surface area contributed by atoms with E-state index in [0.717, 1.165) is 6.54 Å². The summed E-state index contributed by atoms with van der Waals surface area (Å²) in [5, 5.41) is 3.04. The molecule has 1 unspecified atom stereocenters. The van der Waals surface area contributed by atoms with E-state index in [9.17, 15) is 9.59 Å². The predicted octanol–water partition coefficient (Wildman–Crippen LogP) is -0.599. The van der Waals surface area contributed by atoms with Crippen molar-refractivity contribution in [2.75, 3.05) is 27.2 Å². The van der Waals surface area contributed by atoms with Gasteiger partial charge in [0.2, 0.25) is 6.41 Å². The van der Waals surface area contributed by atoms with Crippen molar-refractivity contribution >= 4 is 24.8 Å². The first-order chi connectivity index (χ1) is 6.17. The third-order valence-electron chi connectivity index (χ3n) is 2.53. The number of carbonyl (C=O) groups excluding carboxylic acids is 2. The quantitative estimate of drug-likeness (QED) is 0.512. The molecule has 0 radical (unpaired) electrons. The summed E-state index contributed by atoms with van der Waals surface area (Å²) >= 11 is 0. The molecule has 1 heterocycles. The molecule has 1 aliphatic rings. The molecule has 1 fully saturated rings. The van der Waals surface area contributed by atoms with Gasteiger partial charge in [-0.3, -0.25) is 4.79 Å². The van der Waals surface area contributed by atoms with Crippen molar-refractivity contribution in [2.45, 2.75) is 12.0 Å². The summed E-state index contributed by atoms with van der Waals surface area (Å²) < 4.78 is 4.68. The van der Waals surface area contributed by atoms with Crippen LogP contribution < -0.4 is 5.32 Å². The lowest BCUT2D eigenvalue weighted by Crippen LogP contribution is -2.54. The highest BCUT2D eigenvalue weighted by atomic mass is 35.5. The number of ether oxygens (including phenoxy) is 1. The summed E-state index contributed by atoms with van der Waals surface area (Å²) in [5.74, 6) is -0.355. The Morgan fingerprint density at radius 3 is 2.64 bits per heavy atom. The summed E-state index contributed by atoms with van der Waals surface area (Å²) in [6.45, 7) is 1.20. The molecular weight excluding hydrogens is 208 g/mol. The lowest BCUT2D eigenvalue weighted by Gasteiger charge is -2.32. The van der Waals surface area contributed by atoms with E-state index < -0.39 is 5.54 Å². The largest absolute Gasteiger partial charge is 0.467 e. The number of nitrogens with one attached hydrogen (secondary N) is 1. The first-order valence-electron chi connectivity index (χ1n) is 4.15. The summed E-state index contributed by atoms with van der Waals surface area (Å²) in [7, 11) is 2.93.